The summed E-state index contributed by atoms with van der Waals surface area (Å²) in [5.74, 6) is 1.01. The van der Waals surface area contributed by atoms with Crippen LogP contribution in [0.5, 0.6) is 0 Å². The molecule has 1 aromatic carbocycles. The Kier molecular flexibility index (Phi) is 5.04. The number of aliphatic hydroxyl groups is 2. The number of fused-ring (bicyclic) bond motifs is 1. The molecule has 1 aromatic heterocycles. The van der Waals surface area contributed by atoms with E-state index >= 15 is 0 Å². The molecule has 116 valence electrons. The summed E-state index contributed by atoms with van der Waals surface area (Å²) in [5, 5.41) is 20.0. The van der Waals surface area contributed by atoms with Crippen LogP contribution in [-0.2, 0) is 13.0 Å². The Bertz CT molecular complexity index is 587. The summed E-state index contributed by atoms with van der Waals surface area (Å²) in [6.07, 6.45) is 0.856. The maximum Gasteiger partial charge on any atom is 0.134 e. The maximum atomic E-state index is 9.43. The lowest BCUT2D eigenvalue weighted by molar-refractivity contribution is 0.0402. The van der Waals surface area contributed by atoms with Gasteiger partial charge in [0.1, 0.15) is 11.3 Å². The van der Waals surface area contributed by atoms with Gasteiger partial charge >= 0.3 is 0 Å². The average Bonchev–Trinajstić information content (AvgIpc) is 2.85. The molecule has 0 saturated carbocycles. The second kappa shape index (κ2) is 6.60. The summed E-state index contributed by atoms with van der Waals surface area (Å²) in [6, 6.07) is 8.07. The van der Waals surface area contributed by atoms with E-state index in [9.17, 15) is 10.2 Å². The third-order valence-corrected chi connectivity index (χ3v) is 3.95. The van der Waals surface area contributed by atoms with Crippen LogP contribution in [0.2, 0.25) is 0 Å². The number of aliphatic hydroxyl groups excluding tert-OH is 2. The van der Waals surface area contributed by atoms with Crippen LogP contribution in [0.3, 0.4) is 0 Å². The number of para-hydroxylation sites is 1. The van der Waals surface area contributed by atoms with Crippen molar-refractivity contribution in [2.45, 2.75) is 26.8 Å². The van der Waals surface area contributed by atoms with Crippen molar-refractivity contribution >= 4 is 11.0 Å². The third-order valence-electron chi connectivity index (χ3n) is 3.95. The topological polar surface area (TPSA) is 56.8 Å². The summed E-state index contributed by atoms with van der Waals surface area (Å²) in [7, 11) is 2.00. The number of hydrogen-bond donors (Lipinski definition) is 2. The van der Waals surface area contributed by atoms with E-state index in [2.05, 4.69) is 17.9 Å². The predicted octanol–water partition coefficient (Wildman–Crippen LogP) is 2.42. The van der Waals surface area contributed by atoms with E-state index in [4.69, 9.17) is 4.42 Å². The molecule has 2 N–H and O–H groups in total. The molecule has 1 heterocycles. The van der Waals surface area contributed by atoms with Crippen LogP contribution in [0.4, 0.5) is 0 Å². The summed E-state index contributed by atoms with van der Waals surface area (Å²) in [5.41, 5.74) is 1.64. The Hall–Kier alpha value is -1.36. The van der Waals surface area contributed by atoms with Crippen LogP contribution < -0.4 is 0 Å². The molecule has 21 heavy (non-hydrogen) atoms. The van der Waals surface area contributed by atoms with Crippen molar-refractivity contribution < 1.29 is 14.6 Å². The van der Waals surface area contributed by atoms with E-state index in [1.807, 2.05) is 32.2 Å². The molecule has 4 heteroatoms. The number of benzene rings is 1. The molecule has 0 aliphatic heterocycles. The largest absolute Gasteiger partial charge is 0.461 e. The third kappa shape index (κ3) is 3.46. The molecule has 0 aliphatic carbocycles. The summed E-state index contributed by atoms with van der Waals surface area (Å²) in [6.45, 7) is 5.30. The monoisotopic (exact) mass is 291 g/mol. The van der Waals surface area contributed by atoms with Crippen LogP contribution in [-0.4, -0.2) is 41.9 Å². The van der Waals surface area contributed by atoms with Gasteiger partial charge in [-0.2, -0.15) is 0 Å². The highest BCUT2D eigenvalue weighted by molar-refractivity contribution is 5.82. The molecule has 2 rings (SSSR count). The number of hydrogen-bond acceptors (Lipinski definition) is 4. The van der Waals surface area contributed by atoms with Gasteiger partial charge < -0.3 is 19.5 Å². The Morgan fingerprint density at radius 2 is 1.86 bits per heavy atom. The van der Waals surface area contributed by atoms with Crippen molar-refractivity contribution in [3.05, 3.63) is 35.6 Å². The van der Waals surface area contributed by atoms with Gasteiger partial charge in [0.05, 0.1) is 13.2 Å². The highest BCUT2D eigenvalue weighted by Gasteiger charge is 2.25. The molecule has 0 spiro atoms. The summed E-state index contributed by atoms with van der Waals surface area (Å²) >= 11 is 0. The number of aryl methyl sites for hydroxylation is 1. The smallest absolute Gasteiger partial charge is 0.134 e. The highest BCUT2D eigenvalue weighted by atomic mass is 16.3. The first-order valence-electron chi connectivity index (χ1n) is 7.42. The van der Waals surface area contributed by atoms with E-state index in [0.717, 1.165) is 29.7 Å². The highest BCUT2D eigenvalue weighted by Crippen LogP contribution is 2.28. The minimum Gasteiger partial charge on any atom is -0.461 e. The first-order chi connectivity index (χ1) is 10.0. The van der Waals surface area contributed by atoms with Gasteiger partial charge in [-0.25, -0.2) is 0 Å². The van der Waals surface area contributed by atoms with E-state index in [1.54, 1.807) is 0 Å². The van der Waals surface area contributed by atoms with Crippen LogP contribution in [0.1, 0.15) is 25.2 Å². The molecule has 2 aromatic rings. The standard InChI is InChI=1S/C17H25NO3/c1-4-15-14(13-7-5-6-8-16(13)21-15)9-18(3)10-17(2,11-19)12-20/h5-8,19-20H,4,9-12H2,1-3H3. The molecular formula is C17H25NO3. The second-order valence-corrected chi connectivity index (χ2v) is 6.15. The minimum absolute atomic E-state index is 0.0272. The first kappa shape index (κ1) is 16.0. The average molecular weight is 291 g/mol. The molecular weight excluding hydrogens is 266 g/mol. The van der Waals surface area contributed by atoms with Crippen molar-refractivity contribution in [2.75, 3.05) is 26.8 Å². The Morgan fingerprint density at radius 1 is 1.19 bits per heavy atom. The Labute approximate surface area is 126 Å². The second-order valence-electron chi connectivity index (χ2n) is 6.15. The van der Waals surface area contributed by atoms with Gasteiger partial charge in [0.25, 0.3) is 0 Å². The molecule has 0 bridgehead atoms. The molecule has 0 amide bonds. The molecule has 0 saturated heterocycles. The normalized spacial score (nSPS) is 12.5. The number of rotatable bonds is 7. The Balaban J connectivity index is 2.22. The van der Waals surface area contributed by atoms with Crippen LogP contribution in [0.15, 0.2) is 28.7 Å². The van der Waals surface area contributed by atoms with Crippen molar-refractivity contribution in [1.29, 1.82) is 0 Å². The van der Waals surface area contributed by atoms with Gasteiger partial charge in [0.15, 0.2) is 0 Å². The zero-order valence-electron chi connectivity index (χ0n) is 13.1. The zero-order chi connectivity index (χ0) is 15.5. The SMILES string of the molecule is CCc1oc2ccccc2c1CN(C)CC(C)(CO)CO. The fraction of sp³-hybridized carbons (Fsp3) is 0.529. The van der Waals surface area contributed by atoms with Gasteiger partial charge in [0.2, 0.25) is 0 Å². The number of nitrogens with zero attached hydrogens (tertiary/aromatic N) is 1. The quantitative estimate of drug-likeness (QED) is 0.822. The van der Waals surface area contributed by atoms with Crippen LogP contribution >= 0.6 is 0 Å². The van der Waals surface area contributed by atoms with Gasteiger partial charge in [0, 0.05) is 35.9 Å². The minimum atomic E-state index is -0.485. The van der Waals surface area contributed by atoms with Gasteiger partial charge in [-0.15, -0.1) is 0 Å². The van der Waals surface area contributed by atoms with E-state index in [-0.39, 0.29) is 13.2 Å². The molecule has 0 aliphatic rings. The van der Waals surface area contributed by atoms with Gasteiger partial charge in [-0.1, -0.05) is 32.0 Å². The number of furan rings is 1. The lowest BCUT2D eigenvalue weighted by atomic mass is 9.92. The van der Waals surface area contributed by atoms with E-state index in [1.165, 1.54) is 5.56 Å². The van der Waals surface area contributed by atoms with Crippen LogP contribution in [0, 0.1) is 5.41 Å². The predicted molar refractivity (Wildman–Crippen MR) is 84.2 cm³/mol. The van der Waals surface area contributed by atoms with Crippen molar-refractivity contribution in [3.63, 3.8) is 0 Å². The van der Waals surface area contributed by atoms with Crippen LogP contribution in [0.25, 0.3) is 11.0 Å². The van der Waals surface area contributed by atoms with Crippen molar-refractivity contribution in [3.8, 4) is 0 Å². The summed E-state index contributed by atoms with van der Waals surface area (Å²) in [4.78, 5) is 2.13. The summed E-state index contributed by atoms with van der Waals surface area (Å²) < 4.78 is 5.91. The maximum absolute atomic E-state index is 9.43. The lowest BCUT2D eigenvalue weighted by Gasteiger charge is -2.30. The van der Waals surface area contributed by atoms with E-state index < -0.39 is 5.41 Å². The molecule has 0 fully saturated rings. The van der Waals surface area contributed by atoms with Gasteiger partial charge in [-0.3, -0.25) is 0 Å². The lowest BCUT2D eigenvalue weighted by Crippen LogP contribution is -2.38. The molecule has 0 unspecified atom stereocenters. The van der Waals surface area contributed by atoms with E-state index in [0.29, 0.717) is 6.54 Å². The molecule has 0 atom stereocenters. The van der Waals surface area contributed by atoms with Crippen molar-refractivity contribution in [2.24, 2.45) is 5.41 Å². The fourth-order valence-corrected chi connectivity index (χ4v) is 2.74. The fourth-order valence-electron chi connectivity index (χ4n) is 2.74. The first-order valence-corrected chi connectivity index (χ1v) is 7.42. The zero-order valence-corrected chi connectivity index (χ0v) is 13.1. The Morgan fingerprint density at radius 3 is 2.48 bits per heavy atom. The molecule has 4 nitrogen and oxygen atoms in total. The molecule has 0 radical (unpaired) electrons. The van der Waals surface area contributed by atoms with Crippen molar-refractivity contribution in [1.82, 2.24) is 4.90 Å². The van der Waals surface area contributed by atoms with Gasteiger partial charge in [-0.05, 0) is 13.1 Å².